The molecule has 390 valence electrons. The largest absolute Gasteiger partial charge is 0.507 e. The molecule has 69 heavy (non-hydrogen) atoms. The molecule has 0 atom stereocenters. The predicted octanol–water partition coefficient (Wildman–Crippen LogP) is 16.0. The van der Waals surface area contributed by atoms with Crippen molar-refractivity contribution in [2.45, 2.75) is 255 Å². The first kappa shape index (κ1) is 58.5. The molecule has 0 radical (unpaired) electrons. The minimum absolute atomic E-state index is 0.162. The Labute approximate surface area is 423 Å². The van der Waals surface area contributed by atoms with Gasteiger partial charge in [0.2, 0.25) is 0 Å². The third kappa shape index (κ3) is 13.5. The highest BCUT2D eigenvalue weighted by molar-refractivity contribution is 5.52. The second-order valence-corrected chi connectivity index (χ2v) is 29.1. The van der Waals surface area contributed by atoms with Crippen molar-refractivity contribution in [2.24, 2.45) is 16.2 Å². The number of aromatic hydroxyl groups is 3. The second kappa shape index (κ2) is 20.5. The standard InChI is InChI=1S/C63H102O6/c1-55(2,3)43-34-40(35-44(49(43)64)56(4,5)6)28-25-31-67-52-61(19,20)53(68-32-26-29-41-36-45(57(7,8)9)50(65)46(37-41)58(10,11)12)63(23,24)54(62(52,21)22)69-33-27-30-42-38-47(59(13,14)15)51(66)48(39-42)60(16,17)18/h34-39,52-54,64-66H,25-33H2,1-24H3. The number of phenols is 3. The van der Waals surface area contributed by atoms with Gasteiger partial charge in [-0.15, -0.1) is 0 Å². The number of hydrogen-bond donors (Lipinski definition) is 3. The Morgan fingerprint density at radius 1 is 0.333 bits per heavy atom. The highest BCUT2D eigenvalue weighted by Crippen LogP contribution is 2.58. The van der Waals surface area contributed by atoms with Crippen LogP contribution in [0.1, 0.15) is 236 Å². The van der Waals surface area contributed by atoms with Gasteiger partial charge in [-0.1, -0.05) is 203 Å². The van der Waals surface area contributed by atoms with Crippen molar-refractivity contribution in [1.29, 1.82) is 0 Å². The van der Waals surface area contributed by atoms with Crippen molar-refractivity contribution in [3.8, 4) is 17.2 Å². The zero-order valence-electron chi connectivity index (χ0n) is 48.6. The molecular formula is C63H102O6. The average Bonchev–Trinajstić information content (AvgIpc) is 3.15. The van der Waals surface area contributed by atoms with Crippen LogP contribution in [0.5, 0.6) is 17.2 Å². The summed E-state index contributed by atoms with van der Waals surface area (Å²) in [6.45, 7) is 54.9. The van der Waals surface area contributed by atoms with Gasteiger partial charge in [0.1, 0.15) is 17.2 Å². The van der Waals surface area contributed by atoms with Gasteiger partial charge in [-0.3, -0.25) is 0 Å². The fraction of sp³-hybridized carbons (Fsp3) is 0.714. The quantitative estimate of drug-likeness (QED) is 0.132. The fourth-order valence-electron chi connectivity index (χ4n) is 12.0. The molecule has 1 saturated carbocycles. The van der Waals surface area contributed by atoms with Crippen LogP contribution in [0.4, 0.5) is 0 Å². The predicted molar refractivity (Wildman–Crippen MR) is 292 cm³/mol. The van der Waals surface area contributed by atoms with Crippen LogP contribution in [-0.2, 0) is 66.0 Å². The van der Waals surface area contributed by atoms with Crippen molar-refractivity contribution in [1.82, 2.24) is 0 Å². The highest BCUT2D eigenvalue weighted by atomic mass is 16.5. The van der Waals surface area contributed by atoms with E-state index in [1.807, 2.05) is 0 Å². The number of hydrogen-bond acceptors (Lipinski definition) is 6. The summed E-state index contributed by atoms with van der Waals surface area (Å²) >= 11 is 0. The lowest BCUT2D eigenvalue weighted by Gasteiger charge is -2.62. The molecular weight excluding hydrogens is 853 g/mol. The van der Waals surface area contributed by atoms with Gasteiger partial charge >= 0.3 is 0 Å². The Morgan fingerprint density at radius 2 is 0.493 bits per heavy atom. The van der Waals surface area contributed by atoms with Gasteiger partial charge in [-0.25, -0.2) is 0 Å². The minimum atomic E-state index is -0.361. The summed E-state index contributed by atoms with van der Waals surface area (Å²) in [6.07, 6.45) is 4.60. The Hall–Kier alpha value is -3.06. The molecule has 3 aromatic rings. The topological polar surface area (TPSA) is 88.4 Å². The molecule has 0 heterocycles. The Kier molecular flexibility index (Phi) is 17.3. The van der Waals surface area contributed by atoms with Gasteiger partial charge < -0.3 is 29.5 Å². The number of benzene rings is 3. The summed E-state index contributed by atoms with van der Waals surface area (Å²) < 4.78 is 21.6. The highest BCUT2D eigenvalue weighted by Gasteiger charge is 2.64. The summed E-state index contributed by atoms with van der Waals surface area (Å²) in [4.78, 5) is 0. The van der Waals surface area contributed by atoms with E-state index in [-0.39, 0.29) is 67.0 Å². The normalized spacial score (nSPS) is 20.1. The van der Waals surface area contributed by atoms with Crippen molar-refractivity contribution < 1.29 is 29.5 Å². The third-order valence-electron chi connectivity index (χ3n) is 15.1. The number of phenolic OH excluding ortho intramolecular Hbond substituents is 3. The second-order valence-electron chi connectivity index (χ2n) is 29.1. The van der Waals surface area contributed by atoms with Crippen molar-refractivity contribution in [3.05, 3.63) is 86.5 Å². The third-order valence-corrected chi connectivity index (χ3v) is 15.1. The molecule has 1 fully saturated rings. The molecule has 0 unspecified atom stereocenters. The molecule has 3 N–H and O–H groups in total. The molecule has 0 amide bonds. The molecule has 0 aliphatic heterocycles. The van der Waals surface area contributed by atoms with Crippen LogP contribution in [-0.4, -0.2) is 53.5 Å². The Bertz CT molecular complexity index is 1840. The van der Waals surface area contributed by atoms with Gasteiger partial charge in [0.05, 0.1) is 18.3 Å². The lowest BCUT2D eigenvalue weighted by molar-refractivity contribution is -0.282. The fourth-order valence-corrected chi connectivity index (χ4v) is 12.0. The van der Waals surface area contributed by atoms with E-state index in [4.69, 9.17) is 14.2 Å². The summed E-state index contributed by atoms with van der Waals surface area (Å²) in [7, 11) is 0. The first-order valence-electron chi connectivity index (χ1n) is 26.5. The zero-order chi connectivity index (χ0) is 52.9. The summed E-state index contributed by atoms with van der Waals surface area (Å²) in [5.74, 6) is 1.25. The molecule has 1 aliphatic rings. The summed E-state index contributed by atoms with van der Waals surface area (Å²) in [6, 6.07) is 13.2. The average molecular weight is 956 g/mol. The van der Waals surface area contributed by atoms with E-state index in [9.17, 15) is 15.3 Å². The van der Waals surface area contributed by atoms with Crippen LogP contribution in [0.25, 0.3) is 0 Å². The maximum absolute atomic E-state index is 11.4. The summed E-state index contributed by atoms with van der Waals surface area (Å²) in [5, 5.41) is 34.3. The van der Waals surface area contributed by atoms with Crippen LogP contribution < -0.4 is 0 Å². The molecule has 6 nitrogen and oxygen atoms in total. The van der Waals surface area contributed by atoms with Crippen molar-refractivity contribution in [2.75, 3.05) is 19.8 Å². The summed E-state index contributed by atoms with van der Waals surface area (Å²) in [5.41, 5.74) is 7.44. The van der Waals surface area contributed by atoms with Crippen molar-refractivity contribution in [3.63, 3.8) is 0 Å². The molecule has 0 aromatic heterocycles. The van der Waals surface area contributed by atoms with Gasteiger partial charge in [-0.2, -0.15) is 0 Å². The van der Waals surface area contributed by atoms with Crippen LogP contribution in [0, 0.1) is 16.2 Å². The van der Waals surface area contributed by atoms with Crippen LogP contribution in [0.2, 0.25) is 0 Å². The molecule has 0 bridgehead atoms. The van der Waals surface area contributed by atoms with E-state index in [1.54, 1.807) is 0 Å². The maximum Gasteiger partial charge on any atom is 0.123 e. The van der Waals surface area contributed by atoms with Gasteiger partial charge in [-0.05, 0) is 121 Å². The van der Waals surface area contributed by atoms with Gasteiger partial charge in [0.15, 0.2) is 0 Å². The van der Waals surface area contributed by atoms with Crippen LogP contribution in [0.3, 0.4) is 0 Å². The molecule has 0 saturated heterocycles. The van der Waals surface area contributed by atoms with E-state index >= 15 is 0 Å². The SMILES string of the molecule is CC(C)(C)c1cc(CCCOC2C(C)(C)C(OCCCc3cc(C(C)(C)C)c(O)c(C(C)(C)C)c3)C(C)(C)C(OCCCc3cc(C(C)(C)C)c(O)c(C(C)(C)C)c3)C2(C)C)cc(C(C)(C)C)c1O. The Morgan fingerprint density at radius 3 is 0.638 bits per heavy atom. The number of rotatable bonds is 15. The number of aryl methyl sites for hydroxylation is 3. The lowest BCUT2D eigenvalue weighted by atomic mass is 9.51. The van der Waals surface area contributed by atoms with E-state index < -0.39 is 0 Å². The van der Waals surface area contributed by atoms with Crippen LogP contribution >= 0.6 is 0 Å². The lowest BCUT2D eigenvalue weighted by Crippen LogP contribution is -2.69. The molecule has 4 rings (SSSR count). The van der Waals surface area contributed by atoms with E-state index in [1.165, 1.54) is 16.7 Å². The van der Waals surface area contributed by atoms with E-state index in [2.05, 4.69) is 203 Å². The van der Waals surface area contributed by atoms with E-state index in [0.29, 0.717) is 37.1 Å². The molecule has 6 heteroatoms. The van der Waals surface area contributed by atoms with Gasteiger partial charge in [0, 0.05) is 36.1 Å². The first-order chi connectivity index (χ1) is 31.0. The molecule has 0 spiro atoms. The minimum Gasteiger partial charge on any atom is -0.507 e. The van der Waals surface area contributed by atoms with Crippen LogP contribution in [0.15, 0.2) is 36.4 Å². The maximum atomic E-state index is 11.4. The smallest absolute Gasteiger partial charge is 0.123 e. The van der Waals surface area contributed by atoms with Gasteiger partial charge in [0.25, 0.3) is 0 Å². The molecule has 1 aliphatic carbocycles. The molecule has 3 aromatic carbocycles. The Balaban J connectivity index is 1.64. The van der Waals surface area contributed by atoms with E-state index in [0.717, 1.165) is 71.9 Å². The first-order valence-corrected chi connectivity index (χ1v) is 26.5. The van der Waals surface area contributed by atoms with Crippen molar-refractivity contribution >= 4 is 0 Å². The zero-order valence-corrected chi connectivity index (χ0v) is 48.6. The number of ether oxygens (including phenoxy) is 3. The monoisotopic (exact) mass is 955 g/mol.